The quantitative estimate of drug-likeness (QED) is 0.486. The molecule has 9 heteroatoms. The van der Waals surface area contributed by atoms with E-state index in [1.165, 1.54) is 24.3 Å². The highest BCUT2D eigenvalue weighted by Gasteiger charge is 2.07. The molecule has 0 aliphatic rings. The minimum absolute atomic E-state index is 0.0219. The molecular formula is C11H17N3O5S. The highest BCUT2D eigenvalue weighted by Crippen LogP contribution is 2.12. The Bertz CT molecular complexity index is 529. The van der Waals surface area contributed by atoms with E-state index in [1.54, 1.807) is 7.11 Å². The minimum Gasteiger partial charge on any atom is -0.382 e. The minimum atomic E-state index is -3.73. The smallest absolute Gasteiger partial charge is 0.321 e. The lowest BCUT2D eigenvalue weighted by molar-refractivity contribution is 0.0650. The normalized spacial score (nSPS) is 11.1. The highest BCUT2D eigenvalue weighted by atomic mass is 32.2. The Morgan fingerprint density at radius 3 is 2.45 bits per heavy atom. The van der Waals surface area contributed by atoms with Gasteiger partial charge in [-0.05, 0) is 24.3 Å². The number of urea groups is 1. The van der Waals surface area contributed by atoms with Gasteiger partial charge in [0.2, 0.25) is 10.0 Å². The molecular weight excluding hydrogens is 286 g/mol. The van der Waals surface area contributed by atoms with Gasteiger partial charge in [-0.15, -0.1) is 0 Å². The number of benzene rings is 1. The molecule has 0 saturated carbocycles. The van der Waals surface area contributed by atoms with E-state index in [2.05, 4.69) is 10.6 Å². The van der Waals surface area contributed by atoms with Gasteiger partial charge in [-0.1, -0.05) is 0 Å². The van der Waals surface area contributed by atoms with Crippen LogP contribution < -0.4 is 15.8 Å². The molecule has 0 fully saturated rings. The third kappa shape index (κ3) is 5.97. The van der Waals surface area contributed by atoms with Gasteiger partial charge in [0.25, 0.3) is 0 Å². The maximum atomic E-state index is 11.5. The third-order valence-electron chi connectivity index (χ3n) is 2.21. The largest absolute Gasteiger partial charge is 0.382 e. The predicted molar refractivity (Wildman–Crippen MR) is 72.7 cm³/mol. The zero-order chi connectivity index (χ0) is 15.0. The van der Waals surface area contributed by atoms with E-state index in [0.717, 1.165) is 0 Å². The SMILES string of the molecule is COCCOCNC(=O)Nc1ccc(S(N)(=O)=O)cc1. The zero-order valence-corrected chi connectivity index (χ0v) is 11.8. The maximum Gasteiger partial charge on any atom is 0.321 e. The summed E-state index contributed by atoms with van der Waals surface area (Å²) in [6.45, 7) is 0.864. The summed E-state index contributed by atoms with van der Waals surface area (Å²) in [7, 11) is -2.18. The van der Waals surface area contributed by atoms with Gasteiger partial charge in [0.05, 0.1) is 18.1 Å². The first-order valence-corrected chi connectivity index (χ1v) is 7.22. The predicted octanol–water partition coefficient (Wildman–Crippen LogP) is 0.0760. The van der Waals surface area contributed by atoms with Crippen LogP contribution in [0, 0.1) is 0 Å². The molecule has 0 spiro atoms. The van der Waals surface area contributed by atoms with Crippen LogP contribution in [0.4, 0.5) is 10.5 Å². The Balaban J connectivity index is 2.39. The van der Waals surface area contributed by atoms with E-state index in [-0.39, 0.29) is 11.6 Å². The van der Waals surface area contributed by atoms with Crippen LogP contribution in [0.3, 0.4) is 0 Å². The summed E-state index contributed by atoms with van der Waals surface area (Å²) in [5.74, 6) is 0. The fourth-order valence-electron chi connectivity index (χ4n) is 1.23. The first-order chi connectivity index (χ1) is 9.43. The van der Waals surface area contributed by atoms with E-state index < -0.39 is 16.1 Å². The summed E-state index contributed by atoms with van der Waals surface area (Å²) in [6, 6.07) is 5.02. The van der Waals surface area contributed by atoms with Gasteiger partial charge in [0.1, 0.15) is 6.73 Å². The summed E-state index contributed by atoms with van der Waals surface area (Å²) >= 11 is 0. The van der Waals surface area contributed by atoms with Crippen molar-refractivity contribution in [1.29, 1.82) is 0 Å². The second-order valence-electron chi connectivity index (χ2n) is 3.75. The van der Waals surface area contributed by atoms with Gasteiger partial charge in [-0.25, -0.2) is 18.4 Å². The van der Waals surface area contributed by atoms with Crippen molar-refractivity contribution in [1.82, 2.24) is 5.32 Å². The van der Waals surface area contributed by atoms with Crippen LogP contribution >= 0.6 is 0 Å². The number of primary sulfonamides is 1. The molecule has 0 aliphatic carbocycles. The van der Waals surface area contributed by atoms with Crippen LogP contribution in [0.25, 0.3) is 0 Å². The van der Waals surface area contributed by atoms with Gasteiger partial charge in [-0.2, -0.15) is 0 Å². The van der Waals surface area contributed by atoms with Gasteiger partial charge >= 0.3 is 6.03 Å². The van der Waals surface area contributed by atoms with Gasteiger partial charge in [-0.3, -0.25) is 0 Å². The van der Waals surface area contributed by atoms with E-state index in [1.807, 2.05) is 0 Å². The lowest BCUT2D eigenvalue weighted by Gasteiger charge is -2.08. The number of rotatable bonds is 7. The van der Waals surface area contributed by atoms with Crippen LogP contribution in [0.15, 0.2) is 29.2 Å². The van der Waals surface area contributed by atoms with Gasteiger partial charge in [0, 0.05) is 12.8 Å². The fraction of sp³-hybridized carbons (Fsp3) is 0.364. The Hall–Kier alpha value is -1.68. The first kappa shape index (κ1) is 16.4. The van der Waals surface area contributed by atoms with E-state index >= 15 is 0 Å². The molecule has 1 aromatic carbocycles. The Labute approximate surface area is 117 Å². The van der Waals surface area contributed by atoms with Crippen molar-refractivity contribution >= 4 is 21.7 Å². The van der Waals surface area contributed by atoms with Crippen molar-refractivity contribution in [3.8, 4) is 0 Å². The third-order valence-corrected chi connectivity index (χ3v) is 3.14. The van der Waals surface area contributed by atoms with Crippen molar-refractivity contribution in [2.24, 2.45) is 5.14 Å². The molecule has 0 aliphatic heterocycles. The number of anilines is 1. The van der Waals surface area contributed by atoms with E-state index in [4.69, 9.17) is 14.6 Å². The number of nitrogens with one attached hydrogen (secondary N) is 2. The van der Waals surface area contributed by atoms with Crippen LogP contribution in [0.5, 0.6) is 0 Å². The Morgan fingerprint density at radius 2 is 1.90 bits per heavy atom. The van der Waals surface area contributed by atoms with Crippen molar-refractivity contribution < 1.29 is 22.7 Å². The molecule has 2 amide bonds. The van der Waals surface area contributed by atoms with Crippen molar-refractivity contribution in [2.75, 3.05) is 32.4 Å². The molecule has 0 unspecified atom stereocenters. The molecule has 0 aromatic heterocycles. The number of amides is 2. The monoisotopic (exact) mass is 303 g/mol. The molecule has 0 heterocycles. The molecule has 1 aromatic rings. The Kier molecular flexibility index (Phi) is 6.39. The number of hydrogen-bond acceptors (Lipinski definition) is 5. The Morgan fingerprint density at radius 1 is 1.25 bits per heavy atom. The van der Waals surface area contributed by atoms with Crippen LogP contribution in [-0.4, -0.2) is 41.5 Å². The molecule has 0 bridgehead atoms. The number of sulfonamides is 1. The van der Waals surface area contributed by atoms with Crippen LogP contribution in [-0.2, 0) is 19.5 Å². The maximum absolute atomic E-state index is 11.5. The summed E-state index contributed by atoms with van der Waals surface area (Å²) in [5, 5.41) is 9.94. The van der Waals surface area contributed by atoms with Crippen molar-refractivity contribution in [3.63, 3.8) is 0 Å². The number of ether oxygens (including phenoxy) is 2. The van der Waals surface area contributed by atoms with Crippen LogP contribution in [0.2, 0.25) is 0 Å². The standard InChI is InChI=1S/C11H17N3O5S/c1-18-6-7-19-8-13-11(15)14-9-2-4-10(5-3-9)20(12,16)17/h2-5H,6-8H2,1H3,(H2,12,16,17)(H2,13,14,15). The fourth-order valence-corrected chi connectivity index (χ4v) is 1.75. The van der Waals surface area contributed by atoms with Crippen molar-refractivity contribution in [2.45, 2.75) is 4.90 Å². The second kappa shape index (κ2) is 7.80. The zero-order valence-electron chi connectivity index (χ0n) is 11.0. The topological polar surface area (TPSA) is 120 Å². The molecule has 4 N–H and O–H groups in total. The summed E-state index contributed by atoms with van der Waals surface area (Å²) in [6.07, 6.45) is 0. The number of carbonyl (C=O) groups excluding carboxylic acids is 1. The van der Waals surface area contributed by atoms with E-state index in [9.17, 15) is 13.2 Å². The molecule has 20 heavy (non-hydrogen) atoms. The average molecular weight is 303 g/mol. The number of carbonyl (C=O) groups is 1. The molecule has 112 valence electrons. The van der Waals surface area contributed by atoms with Crippen molar-refractivity contribution in [3.05, 3.63) is 24.3 Å². The van der Waals surface area contributed by atoms with Gasteiger partial charge < -0.3 is 20.1 Å². The molecule has 8 nitrogen and oxygen atoms in total. The summed E-state index contributed by atoms with van der Waals surface area (Å²) in [5.41, 5.74) is 0.437. The molecule has 0 radical (unpaired) electrons. The number of methoxy groups -OCH3 is 1. The number of hydrogen-bond donors (Lipinski definition) is 3. The molecule has 1 rings (SSSR count). The second-order valence-corrected chi connectivity index (χ2v) is 5.31. The summed E-state index contributed by atoms with van der Waals surface area (Å²) in [4.78, 5) is 11.4. The lowest BCUT2D eigenvalue weighted by atomic mass is 10.3. The average Bonchev–Trinajstić information content (AvgIpc) is 2.38. The molecule has 0 atom stereocenters. The lowest BCUT2D eigenvalue weighted by Crippen LogP contribution is -2.31. The molecule has 0 saturated heterocycles. The van der Waals surface area contributed by atoms with Crippen LogP contribution in [0.1, 0.15) is 0 Å². The number of nitrogens with two attached hydrogens (primary N) is 1. The van der Waals surface area contributed by atoms with Gasteiger partial charge in [0.15, 0.2) is 0 Å². The first-order valence-electron chi connectivity index (χ1n) is 5.68. The highest BCUT2D eigenvalue weighted by molar-refractivity contribution is 7.89. The van der Waals surface area contributed by atoms with E-state index in [0.29, 0.717) is 18.9 Å². The summed E-state index contributed by atoms with van der Waals surface area (Å²) < 4.78 is 31.9.